The van der Waals surface area contributed by atoms with Gasteiger partial charge in [-0.05, 0) is 63.3 Å². The minimum Gasteiger partial charge on any atom is -0.490 e. The molecule has 0 unspecified atom stereocenters. The third kappa shape index (κ3) is 5.91. The number of nitrogens with zero attached hydrogens (tertiary/aromatic N) is 2. The quantitative estimate of drug-likeness (QED) is 0.611. The highest BCUT2D eigenvalue weighted by molar-refractivity contribution is 7.04. The van der Waals surface area contributed by atoms with Crippen LogP contribution in [0.25, 0.3) is 0 Å². The Morgan fingerprint density at radius 2 is 2.11 bits per heavy atom. The van der Waals surface area contributed by atoms with Crippen molar-refractivity contribution in [1.82, 2.24) is 3.96 Å². The van der Waals surface area contributed by atoms with Gasteiger partial charge in [-0.1, -0.05) is 24.9 Å². The van der Waals surface area contributed by atoms with E-state index in [-0.39, 0.29) is 17.7 Å². The zero-order valence-electron chi connectivity index (χ0n) is 16.2. The highest BCUT2D eigenvalue weighted by atomic mass is 35.5. The lowest BCUT2D eigenvalue weighted by Gasteiger charge is -2.19. The Kier molecular flexibility index (Phi) is 7.62. The number of aromatic nitrogens is 1. The maximum absolute atomic E-state index is 12.8. The zero-order chi connectivity index (χ0) is 20.0. The molecule has 1 aromatic heterocycles. The molecule has 148 valence electrons. The fourth-order valence-electron chi connectivity index (χ4n) is 2.43. The topological polar surface area (TPSA) is 43.6 Å². The average molecular weight is 413 g/mol. The lowest BCUT2D eigenvalue weighted by atomic mass is 10.1. The second kappa shape index (κ2) is 9.51. The molecule has 0 bridgehead atoms. The molecule has 0 aliphatic heterocycles. The molecular formula is C20H26ClFN2O2S. The number of rotatable bonds is 7. The summed E-state index contributed by atoms with van der Waals surface area (Å²) < 4.78 is 20.6. The van der Waals surface area contributed by atoms with Crippen LogP contribution in [0.5, 0.6) is 5.75 Å². The number of carbonyl (C=O) groups excluding carboxylic acids is 1. The van der Waals surface area contributed by atoms with Crippen LogP contribution >= 0.6 is 23.1 Å². The van der Waals surface area contributed by atoms with E-state index in [4.69, 9.17) is 16.3 Å². The van der Waals surface area contributed by atoms with Crippen LogP contribution in [0.2, 0.25) is 5.02 Å². The molecule has 0 saturated heterocycles. The third-order valence-corrected chi connectivity index (χ3v) is 5.51. The standard InChI is InChI=1S/C20H26ClFN2O2S/c1-5-6-7-14-13-24(20(2,3)4)27-19(14)23-18(25)16-12-15(21)8-9-17(16)26-11-10-22/h8-9,12-13H,5-7,10-11H2,1-4H3. The van der Waals surface area contributed by atoms with Gasteiger partial charge in [-0.25, -0.2) is 4.39 Å². The van der Waals surface area contributed by atoms with Crippen LogP contribution in [0, 0.1) is 0 Å². The van der Waals surface area contributed by atoms with E-state index < -0.39 is 12.6 Å². The van der Waals surface area contributed by atoms with Crippen LogP contribution in [-0.2, 0) is 12.0 Å². The molecule has 4 nitrogen and oxygen atoms in total. The second-order valence-electron chi connectivity index (χ2n) is 7.25. The summed E-state index contributed by atoms with van der Waals surface area (Å²) >= 11 is 7.50. The fraction of sp³-hybridized carbons (Fsp3) is 0.500. The Balaban J connectivity index is 2.47. The lowest BCUT2D eigenvalue weighted by molar-refractivity contribution is 0.0994. The number of benzene rings is 1. The molecule has 0 aliphatic rings. The van der Waals surface area contributed by atoms with E-state index in [1.165, 1.54) is 17.6 Å². The van der Waals surface area contributed by atoms with E-state index in [0.717, 1.165) is 24.8 Å². The Hall–Kier alpha value is -1.66. The van der Waals surface area contributed by atoms with Crippen LogP contribution in [0.1, 0.15) is 56.5 Å². The van der Waals surface area contributed by atoms with Crippen LogP contribution in [0.4, 0.5) is 4.39 Å². The van der Waals surface area contributed by atoms with Gasteiger partial charge in [0, 0.05) is 22.3 Å². The molecule has 0 atom stereocenters. The number of unbranched alkanes of at least 4 members (excludes halogenated alkanes) is 1. The first kappa shape index (κ1) is 21.6. The summed E-state index contributed by atoms with van der Waals surface area (Å²) in [5.41, 5.74) is 1.21. The number of carbonyl (C=O) groups is 1. The first-order chi connectivity index (χ1) is 12.8. The molecule has 7 heteroatoms. The summed E-state index contributed by atoms with van der Waals surface area (Å²) in [4.78, 5) is 17.2. The molecule has 1 amide bonds. The van der Waals surface area contributed by atoms with Crippen molar-refractivity contribution >= 4 is 29.0 Å². The Morgan fingerprint density at radius 1 is 1.37 bits per heavy atom. The minimum atomic E-state index is -0.634. The van der Waals surface area contributed by atoms with E-state index in [1.54, 1.807) is 12.1 Å². The monoisotopic (exact) mass is 412 g/mol. The lowest BCUT2D eigenvalue weighted by Crippen LogP contribution is -2.18. The minimum absolute atomic E-state index is 0.0894. The third-order valence-electron chi connectivity index (χ3n) is 3.90. The van der Waals surface area contributed by atoms with Crippen molar-refractivity contribution in [2.75, 3.05) is 13.3 Å². The van der Waals surface area contributed by atoms with Gasteiger partial charge in [0.05, 0.1) is 5.56 Å². The number of aryl methyl sites for hydroxylation is 1. The maximum atomic E-state index is 12.8. The molecule has 2 aromatic rings. The number of ether oxygens (including phenoxy) is 1. The summed E-state index contributed by atoms with van der Waals surface area (Å²) in [6.45, 7) is 7.71. The van der Waals surface area contributed by atoms with E-state index in [2.05, 4.69) is 42.8 Å². The van der Waals surface area contributed by atoms with Gasteiger partial charge >= 0.3 is 0 Å². The first-order valence-electron chi connectivity index (χ1n) is 9.06. The van der Waals surface area contributed by atoms with Crippen LogP contribution in [0.3, 0.4) is 0 Å². The molecule has 1 aromatic carbocycles. The van der Waals surface area contributed by atoms with Gasteiger partial charge in [-0.2, -0.15) is 4.99 Å². The van der Waals surface area contributed by atoms with E-state index >= 15 is 0 Å². The largest absolute Gasteiger partial charge is 0.490 e. The summed E-state index contributed by atoms with van der Waals surface area (Å²) in [5.74, 6) is -0.145. The molecule has 0 spiro atoms. The Morgan fingerprint density at radius 3 is 2.74 bits per heavy atom. The van der Waals surface area contributed by atoms with Crippen molar-refractivity contribution < 1.29 is 13.9 Å². The number of halogens is 2. The number of amides is 1. The van der Waals surface area contributed by atoms with E-state index in [1.807, 2.05) is 0 Å². The van der Waals surface area contributed by atoms with Gasteiger partial charge in [0.2, 0.25) is 0 Å². The van der Waals surface area contributed by atoms with Gasteiger partial charge in [0.15, 0.2) is 0 Å². The molecule has 27 heavy (non-hydrogen) atoms. The Bertz CT molecular complexity index is 852. The van der Waals surface area contributed by atoms with Gasteiger partial charge in [0.25, 0.3) is 5.91 Å². The van der Waals surface area contributed by atoms with Crippen LogP contribution in [-0.4, -0.2) is 23.1 Å². The summed E-state index contributed by atoms with van der Waals surface area (Å²) in [6.07, 6.45) is 5.03. The summed E-state index contributed by atoms with van der Waals surface area (Å²) in [5, 5.41) is 0.406. The highest BCUT2D eigenvalue weighted by Gasteiger charge is 2.18. The predicted octanol–water partition coefficient (Wildman–Crippen LogP) is 5.39. The molecular weight excluding hydrogens is 387 g/mol. The number of hydrogen-bond acceptors (Lipinski definition) is 3. The van der Waals surface area contributed by atoms with Crippen molar-refractivity contribution in [1.29, 1.82) is 0 Å². The average Bonchev–Trinajstić information content (AvgIpc) is 3.01. The van der Waals surface area contributed by atoms with Gasteiger partial charge < -0.3 is 4.74 Å². The van der Waals surface area contributed by atoms with Crippen molar-refractivity contribution in [3.63, 3.8) is 0 Å². The van der Waals surface area contributed by atoms with Crippen molar-refractivity contribution in [3.05, 3.63) is 45.2 Å². The SMILES string of the molecule is CCCCc1cn(C(C)(C)C)sc1=NC(=O)c1cc(Cl)ccc1OCCF. The van der Waals surface area contributed by atoms with Crippen LogP contribution < -0.4 is 9.41 Å². The summed E-state index contributed by atoms with van der Waals surface area (Å²) in [6, 6.07) is 4.69. The number of alkyl halides is 1. The van der Waals surface area contributed by atoms with Crippen LogP contribution in [0.15, 0.2) is 29.4 Å². The molecule has 0 N–H and O–H groups in total. The van der Waals surface area contributed by atoms with Crippen molar-refractivity contribution in [2.45, 2.75) is 52.5 Å². The van der Waals surface area contributed by atoms with Crippen molar-refractivity contribution in [3.8, 4) is 5.75 Å². The van der Waals surface area contributed by atoms with Gasteiger partial charge in [-0.15, -0.1) is 0 Å². The highest BCUT2D eigenvalue weighted by Crippen LogP contribution is 2.24. The fourth-order valence-corrected chi connectivity index (χ4v) is 3.64. The Labute approximate surface area is 168 Å². The number of hydrogen-bond donors (Lipinski definition) is 0. The van der Waals surface area contributed by atoms with Gasteiger partial charge in [-0.3, -0.25) is 8.75 Å². The first-order valence-corrected chi connectivity index (χ1v) is 10.2. The molecule has 0 saturated carbocycles. The second-order valence-corrected chi connectivity index (χ2v) is 8.64. The normalized spacial score (nSPS) is 12.4. The smallest absolute Gasteiger partial charge is 0.282 e. The maximum Gasteiger partial charge on any atom is 0.282 e. The molecule has 0 aliphatic carbocycles. The molecule has 1 heterocycles. The zero-order valence-corrected chi connectivity index (χ0v) is 17.8. The van der Waals surface area contributed by atoms with Crippen molar-refractivity contribution in [2.24, 2.45) is 4.99 Å². The van der Waals surface area contributed by atoms with E-state index in [0.29, 0.717) is 15.4 Å². The predicted molar refractivity (Wildman–Crippen MR) is 109 cm³/mol. The molecule has 0 radical (unpaired) electrons. The van der Waals surface area contributed by atoms with Gasteiger partial charge in [0.1, 0.15) is 23.7 Å². The molecule has 2 rings (SSSR count). The summed E-state index contributed by atoms with van der Waals surface area (Å²) in [7, 11) is 0. The molecule has 0 fully saturated rings. The van der Waals surface area contributed by atoms with E-state index in [9.17, 15) is 9.18 Å².